The molecule has 0 atom stereocenters. The fourth-order valence-corrected chi connectivity index (χ4v) is 4.41. The van der Waals surface area contributed by atoms with Crippen LogP contribution in [0.4, 0.5) is 0 Å². The van der Waals surface area contributed by atoms with Gasteiger partial charge in [0.2, 0.25) is 0 Å². The molecule has 0 radical (unpaired) electrons. The molecular weight excluding hydrogens is 280 g/mol. The van der Waals surface area contributed by atoms with Gasteiger partial charge in [-0.3, -0.25) is 4.79 Å². The van der Waals surface area contributed by atoms with E-state index in [2.05, 4.69) is 48.5 Å². The van der Waals surface area contributed by atoms with Gasteiger partial charge in [0.15, 0.2) is 5.78 Å². The Balaban J connectivity index is 1.81. The first-order valence-corrected chi connectivity index (χ1v) is 8.09. The molecule has 0 unspecified atom stereocenters. The highest BCUT2D eigenvalue weighted by Gasteiger charge is 2.44. The van der Waals surface area contributed by atoms with E-state index in [1.165, 1.54) is 33.0 Å². The highest BCUT2D eigenvalue weighted by Crippen LogP contribution is 2.44. The quantitative estimate of drug-likeness (QED) is 0.598. The standard InChI is InChI=1S/C22H16O/c23-20-12-11-15-5-1-2-10-19(15)22(20)13-17-8-3-6-16-7-4-9-18(14-22)21(16)17/h1-12H,13-14H2. The molecule has 0 saturated carbocycles. The predicted octanol–water partition coefficient (Wildman–Crippen LogP) is 4.47. The smallest absolute Gasteiger partial charge is 0.166 e. The molecule has 0 amide bonds. The van der Waals surface area contributed by atoms with Crippen molar-refractivity contribution in [2.45, 2.75) is 18.3 Å². The van der Waals surface area contributed by atoms with Gasteiger partial charge in [-0.15, -0.1) is 0 Å². The van der Waals surface area contributed by atoms with Crippen LogP contribution in [0.2, 0.25) is 0 Å². The molecule has 5 rings (SSSR count). The van der Waals surface area contributed by atoms with E-state index in [-0.39, 0.29) is 5.78 Å². The van der Waals surface area contributed by atoms with Gasteiger partial charge in [-0.05, 0) is 51.9 Å². The van der Waals surface area contributed by atoms with Crippen molar-refractivity contribution in [3.8, 4) is 0 Å². The first kappa shape index (κ1) is 12.8. The summed E-state index contributed by atoms with van der Waals surface area (Å²) in [6.07, 6.45) is 5.32. The van der Waals surface area contributed by atoms with E-state index in [0.717, 1.165) is 12.8 Å². The highest BCUT2D eigenvalue weighted by molar-refractivity contribution is 6.07. The summed E-state index contributed by atoms with van der Waals surface area (Å²) in [5.41, 5.74) is 4.51. The summed E-state index contributed by atoms with van der Waals surface area (Å²) in [4.78, 5) is 13.0. The van der Waals surface area contributed by atoms with Crippen molar-refractivity contribution in [3.63, 3.8) is 0 Å². The van der Waals surface area contributed by atoms with Crippen LogP contribution in [-0.4, -0.2) is 5.78 Å². The number of carbonyl (C=O) groups is 1. The molecule has 1 heteroatoms. The van der Waals surface area contributed by atoms with Crippen molar-refractivity contribution in [2.24, 2.45) is 0 Å². The van der Waals surface area contributed by atoms with Crippen LogP contribution in [-0.2, 0) is 23.1 Å². The van der Waals surface area contributed by atoms with Crippen LogP contribution < -0.4 is 0 Å². The fraction of sp³-hybridized carbons (Fsp3) is 0.136. The SMILES string of the molecule is O=C1C=Cc2ccccc2C12Cc1cccc3cccc(c13)C2. The second-order valence-electron chi connectivity index (χ2n) is 6.65. The zero-order chi connectivity index (χ0) is 15.4. The largest absolute Gasteiger partial charge is 0.294 e. The first-order valence-electron chi connectivity index (χ1n) is 8.09. The molecule has 23 heavy (non-hydrogen) atoms. The maximum atomic E-state index is 13.0. The summed E-state index contributed by atoms with van der Waals surface area (Å²) in [6, 6.07) is 21.2. The Labute approximate surface area is 135 Å². The van der Waals surface area contributed by atoms with E-state index in [0.29, 0.717) is 0 Å². The summed E-state index contributed by atoms with van der Waals surface area (Å²) >= 11 is 0. The van der Waals surface area contributed by atoms with Crippen LogP contribution >= 0.6 is 0 Å². The van der Waals surface area contributed by atoms with Crippen LogP contribution in [0, 0.1) is 0 Å². The maximum absolute atomic E-state index is 13.0. The third-order valence-electron chi connectivity index (χ3n) is 5.42. The summed E-state index contributed by atoms with van der Waals surface area (Å²) in [7, 11) is 0. The van der Waals surface area contributed by atoms with Crippen LogP contribution in [0.15, 0.2) is 66.7 Å². The van der Waals surface area contributed by atoms with E-state index in [9.17, 15) is 4.79 Å². The summed E-state index contributed by atoms with van der Waals surface area (Å²) in [6.45, 7) is 0. The number of rotatable bonds is 0. The second-order valence-corrected chi connectivity index (χ2v) is 6.65. The van der Waals surface area contributed by atoms with Crippen molar-refractivity contribution in [1.82, 2.24) is 0 Å². The van der Waals surface area contributed by atoms with Crippen LogP contribution in [0.5, 0.6) is 0 Å². The fourth-order valence-electron chi connectivity index (χ4n) is 4.41. The molecule has 2 aliphatic rings. The summed E-state index contributed by atoms with van der Waals surface area (Å²) in [5.74, 6) is 0.239. The van der Waals surface area contributed by atoms with E-state index in [4.69, 9.17) is 0 Å². The van der Waals surface area contributed by atoms with Gasteiger partial charge in [0, 0.05) is 0 Å². The van der Waals surface area contributed by atoms with Gasteiger partial charge in [0.25, 0.3) is 0 Å². The molecular formula is C22H16O. The van der Waals surface area contributed by atoms with E-state index in [1.54, 1.807) is 6.08 Å². The molecule has 2 aliphatic carbocycles. The molecule has 110 valence electrons. The minimum absolute atomic E-state index is 0.239. The number of hydrogen-bond acceptors (Lipinski definition) is 1. The minimum atomic E-state index is -0.437. The van der Waals surface area contributed by atoms with Gasteiger partial charge in [-0.2, -0.15) is 0 Å². The molecule has 0 saturated heterocycles. The average Bonchev–Trinajstić information content (AvgIpc) is 2.59. The topological polar surface area (TPSA) is 17.1 Å². The van der Waals surface area contributed by atoms with Gasteiger partial charge in [-0.25, -0.2) is 0 Å². The van der Waals surface area contributed by atoms with Gasteiger partial charge in [-0.1, -0.05) is 66.7 Å². The van der Waals surface area contributed by atoms with Gasteiger partial charge >= 0.3 is 0 Å². The summed E-state index contributed by atoms with van der Waals surface area (Å²) in [5, 5.41) is 2.63. The Morgan fingerprint density at radius 1 is 0.739 bits per heavy atom. The summed E-state index contributed by atoms with van der Waals surface area (Å²) < 4.78 is 0. The molecule has 0 fully saturated rings. The van der Waals surface area contributed by atoms with Gasteiger partial charge in [0.05, 0.1) is 5.41 Å². The van der Waals surface area contributed by atoms with Crippen molar-refractivity contribution in [2.75, 3.05) is 0 Å². The lowest BCUT2D eigenvalue weighted by molar-refractivity contribution is -0.120. The minimum Gasteiger partial charge on any atom is -0.294 e. The van der Waals surface area contributed by atoms with Gasteiger partial charge in [0.1, 0.15) is 0 Å². The molecule has 0 aromatic heterocycles. The van der Waals surface area contributed by atoms with E-state index >= 15 is 0 Å². The van der Waals surface area contributed by atoms with Crippen molar-refractivity contribution < 1.29 is 4.79 Å². The van der Waals surface area contributed by atoms with Crippen LogP contribution in [0.3, 0.4) is 0 Å². The first-order chi connectivity index (χ1) is 11.3. The second kappa shape index (κ2) is 4.42. The molecule has 1 nitrogen and oxygen atoms in total. The highest BCUT2D eigenvalue weighted by atomic mass is 16.1. The Kier molecular flexibility index (Phi) is 2.47. The predicted molar refractivity (Wildman–Crippen MR) is 93.5 cm³/mol. The third kappa shape index (κ3) is 1.65. The molecule has 1 spiro atoms. The Bertz CT molecular complexity index is 953. The molecule has 3 aromatic rings. The van der Waals surface area contributed by atoms with E-state index in [1.807, 2.05) is 18.2 Å². The average molecular weight is 296 g/mol. The van der Waals surface area contributed by atoms with Crippen LogP contribution in [0.1, 0.15) is 22.3 Å². The van der Waals surface area contributed by atoms with Crippen molar-refractivity contribution in [1.29, 1.82) is 0 Å². The Morgan fingerprint density at radius 2 is 1.43 bits per heavy atom. The lowest BCUT2D eigenvalue weighted by Crippen LogP contribution is -2.43. The van der Waals surface area contributed by atoms with Crippen molar-refractivity contribution in [3.05, 3.63) is 89.0 Å². The zero-order valence-electron chi connectivity index (χ0n) is 12.8. The third-order valence-corrected chi connectivity index (χ3v) is 5.42. The maximum Gasteiger partial charge on any atom is 0.166 e. The molecule has 3 aromatic carbocycles. The number of hydrogen-bond donors (Lipinski definition) is 0. The number of carbonyl (C=O) groups excluding carboxylic acids is 1. The van der Waals surface area contributed by atoms with Crippen LogP contribution in [0.25, 0.3) is 16.8 Å². The normalized spacial score (nSPS) is 17.5. The molecule has 0 N–H and O–H groups in total. The number of ketones is 1. The van der Waals surface area contributed by atoms with E-state index < -0.39 is 5.41 Å². The van der Waals surface area contributed by atoms with Gasteiger partial charge < -0.3 is 0 Å². The number of fused-ring (bicyclic) bond motifs is 2. The zero-order valence-corrected chi connectivity index (χ0v) is 12.8. The Morgan fingerprint density at radius 3 is 2.17 bits per heavy atom. The lowest BCUT2D eigenvalue weighted by Gasteiger charge is -2.39. The monoisotopic (exact) mass is 296 g/mol. The molecule has 0 heterocycles. The number of benzene rings is 3. The Hall–Kier alpha value is -2.67. The molecule has 0 bridgehead atoms. The van der Waals surface area contributed by atoms with Crippen molar-refractivity contribution >= 4 is 22.6 Å². The number of allylic oxidation sites excluding steroid dienone is 1. The molecule has 0 aliphatic heterocycles. The lowest BCUT2D eigenvalue weighted by atomic mass is 9.62.